The Labute approximate surface area is 168 Å². The van der Waals surface area contributed by atoms with Gasteiger partial charge in [0.1, 0.15) is 0 Å². The number of piperazine rings is 1. The number of amides is 1. The molecule has 1 unspecified atom stereocenters. The molecule has 7 heteroatoms. The second kappa shape index (κ2) is 7.73. The minimum atomic E-state index is 0.180. The van der Waals surface area contributed by atoms with Gasteiger partial charge in [0.05, 0.1) is 12.6 Å². The summed E-state index contributed by atoms with van der Waals surface area (Å²) < 4.78 is 16.6. The molecule has 2 fully saturated rings. The molecule has 0 saturated carbocycles. The van der Waals surface area contributed by atoms with E-state index in [4.69, 9.17) is 14.2 Å². The van der Waals surface area contributed by atoms with Crippen LogP contribution in [-0.4, -0.2) is 48.7 Å². The fraction of sp³-hybridized carbons (Fsp3) is 0.476. The van der Waals surface area contributed by atoms with Crippen molar-refractivity contribution in [1.29, 1.82) is 0 Å². The van der Waals surface area contributed by atoms with Crippen LogP contribution in [0.1, 0.15) is 34.3 Å². The highest BCUT2D eigenvalue weighted by Gasteiger charge is 2.26. The number of rotatable bonds is 5. The molecule has 1 aromatic carbocycles. The van der Waals surface area contributed by atoms with Crippen LogP contribution in [0.4, 0.5) is 0 Å². The van der Waals surface area contributed by atoms with Crippen molar-refractivity contribution in [3.63, 3.8) is 0 Å². The number of carbonyl (C=O) groups excluding carboxylic acids is 1. The zero-order valence-corrected chi connectivity index (χ0v) is 16.6. The first kappa shape index (κ1) is 18.0. The van der Waals surface area contributed by atoms with Gasteiger partial charge >= 0.3 is 0 Å². The van der Waals surface area contributed by atoms with Crippen molar-refractivity contribution in [1.82, 2.24) is 9.80 Å². The first-order valence-corrected chi connectivity index (χ1v) is 10.6. The molecule has 3 aliphatic heterocycles. The van der Waals surface area contributed by atoms with Crippen molar-refractivity contribution in [3.8, 4) is 11.5 Å². The minimum absolute atomic E-state index is 0.180. The predicted molar refractivity (Wildman–Crippen MR) is 106 cm³/mol. The lowest BCUT2D eigenvalue weighted by atomic mass is 10.1. The van der Waals surface area contributed by atoms with Crippen LogP contribution in [-0.2, 0) is 22.6 Å². The van der Waals surface area contributed by atoms with Gasteiger partial charge in [-0.15, -0.1) is 11.3 Å². The summed E-state index contributed by atoms with van der Waals surface area (Å²) in [6, 6.07) is 10.3. The van der Waals surface area contributed by atoms with Gasteiger partial charge in [0, 0.05) is 42.5 Å². The van der Waals surface area contributed by atoms with E-state index in [1.54, 1.807) is 0 Å². The van der Waals surface area contributed by atoms with Gasteiger partial charge in [0.2, 0.25) is 12.7 Å². The fourth-order valence-corrected chi connectivity index (χ4v) is 5.13. The van der Waals surface area contributed by atoms with Gasteiger partial charge in [0.25, 0.3) is 0 Å². The second-order valence-corrected chi connectivity index (χ2v) is 8.72. The largest absolute Gasteiger partial charge is 0.454 e. The molecule has 1 atom stereocenters. The van der Waals surface area contributed by atoms with E-state index in [1.807, 2.05) is 34.4 Å². The molecule has 0 radical (unpaired) electrons. The third kappa shape index (κ3) is 3.74. The molecule has 1 amide bonds. The standard InChI is InChI=1S/C21H24N2O4S/c24-21-13-22(12-16-4-6-20(28-16)18-2-1-9-25-18)7-8-23(21)11-15-3-5-17-19(10-15)27-14-26-17/h3-6,10,18H,1-2,7-9,11-14H2. The van der Waals surface area contributed by atoms with E-state index in [0.717, 1.165) is 56.1 Å². The van der Waals surface area contributed by atoms with Crippen LogP contribution in [0.25, 0.3) is 0 Å². The van der Waals surface area contributed by atoms with Crippen LogP contribution in [0.2, 0.25) is 0 Å². The maximum atomic E-state index is 12.7. The van der Waals surface area contributed by atoms with Gasteiger partial charge in [-0.3, -0.25) is 9.69 Å². The highest BCUT2D eigenvalue weighted by atomic mass is 32.1. The van der Waals surface area contributed by atoms with E-state index in [2.05, 4.69) is 17.0 Å². The van der Waals surface area contributed by atoms with Gasteiger partial charge in [-0.05, 0) is 42.7 Å². The SMILES string of the molecule is O=C1CN(Cc2ccc(C3CCCO3)s2)CCN1Cc1ccc2c(c1)OCO2. The number of thiophene rings is 1. The lowest BCUT2D eigenvalue weighted by Gasteiger charge is -2.34. The molecule has 3 aliphatic rings. The Morgan fingerprint density at radius 2 is 2.00 bits per heavy atom. The Bertz CT molecular complexity index is 862. The second-order valence-electron chi connectivity index (χ2n) is 7.52. The summed E-state index contributed by atoms with van der Waals surface area (Å²) in [6.45, 7) is 4.70. The van der Waals surface area contributed by atoms with Gasteiger partial charge in [-0.1, -0.05) is 6.07 Å². The summed E-state index contributed by atoms with van der Waals surface area (Å²) in [4.78, 5) is 19.5. The molecular weight excluding hydrogens is 376 g/mol. The van der Waals surface area contributed by atoms with Crippen molar-refractivity contribution in [2.24, 2.45) is 0 Å². The molecule has 2 aromatic rings. The Morgan fingerprint density at radius 1 is 1.07 bits per heavy atom. The zero-order valence-electron chi connectivity index (χ0n) is 15.8. The van der Waals surface area contributed by atoms with Gasteiger partial charge in [-0.25, -0.2) is 0 Å². The summed E-state index contributed by atoms with van der Waals surface area (Å²) >= 11 is 1.82. The van der Waals surface area contributed by atoms with Gasteiger partial charge < -0.3 is 19.1 Å². The van der Waals surface area contributed by atoms with Crippen LogP contribution in [0.5, 0.6) is 11.5 Å². The molecule has 0 bridgehead atoms. The number of hydrogen-bond acceptors (Lipinski definition) is 6. The maximum Gasteiger partial charge on any atom is 0.237 e. The van der Waals surface area contributed by atoms with Crippen molar-refractivity contribution >= 4 is 17.2 Å². The molecule has 4 heterocycles. The summed E-state index contributed by atoms with van der Waals surface area (Å²) in [5, 5.41) is 0. The molecule has 1 aromatic heterocycles. The van der Waals surface area contributed by atoms with Gasteiger partial charge in [0.15, 0.2) is 11.5 Å². The van der Waals surface area contributed by atoms with E-state index < -0.39 is 0 Å². The van der Waals surface area contributed by atoms with E-state index in [-0.39, 0.29) is 18.8 Å². The van der Waals surface area contributed by atoms with Crippen LogP contribution in [0.15, 0.2) is 30.3 Å². The molecular formula is C21H24N2O4S. The molecule has 5 rings (SSSR count). The number of benzene rings is 1. The van der Waals surface area contributed by atoms with E-state index in [1.165, 1.54) is 9.75 Å². The van der Waals surface area contributed by atoms with Crippen molar-refractivity contribution in [2.75, 3.05) is 33.0 Å². The lowest BCUT2D eigenvalue weighted by Crippen LogP contribution is -2.49. The lowest BCUT2D eigenvalue weighted by molar-refractivity contribution is -0.136. The number of hydrogen-bond donors (Lipinski definition) is 0. The molecule has 148 valence electrons. The number of carbonyl (C=O) groups is 1. The van der Waals surface area contributed by atoms with E-state index in [9.17, 15) is 4.79 Å². The van der Waals surface area contributed by atoms with Gasteiger partial charge in [-0.2, -0.15) is 0 Å². The Morgan fingerprint density at radius 3 is 2.86 bits per heavy atom. The topological polar surface area (TPSA) is 51.2 Å². The van der Waals surface area contributed by atoms with E-state index >= 15 is 0 Å². The first-order chi connectivity index (χ1) is 13.7. The number of nitrogens with zero attached hydrogens (tertiary/aromatic N) is 2. The van der Waals surface area contributed by atoms with Crippen molar-refractivity contribution in [3.05, 3.63) is 45.6 Å². The van der Waals surface area contributed by atoms with Crippen LogP contribution >= 0.6 is 11.3 Å². The maximum absolute atomic E-state index is 12.7. The summed E-state index contributed by atoms with van der Waals surface area (Å²) in [5.41, 5.74) is 1.07. The van der Waals surface area contributed by atoms with Crippen LogP contribution in [0, 0.1) is 0 Å². The Kier molecular flexibility index (Phi) is 4.96. The minimum Gasteiger partial charge on any atom is -0.454 e. The third-order valence-electron chi connectivity index (χ3n) is 5.52. The normalized spacial score (nSPS) is 22.2. The summed E-state index contributed by atoms with van der Waals surface area (Å²) in [6.07, 6.45) is 2.55. The average molecular weight is 401 g/mol. The molecule has 6 nitrogen and oxygen atoms in total. The smallest absolute Gasteiger partial charge is 0.237 e. The molecule has 2 saturated heterocycles. The molecule has 28 heavy (non-hydrogen) atoms. The zero-order chi connectivity index (χ0) is 18.9. The quantitative estimate of drug-likeness (QED) is 0.772. The highest BCUT2D eigenvalue weighted by molar-refractivity contribution is 7.12. The molecule has 0 aliphatic carbocycles. The number of fused-ring (bicyclic) bond motifs is 1. The Balaban J connectivity index is 1.16. The first-order valence-electron chi connectivity index (χ1n) is 9.83. The van der Waals surface area contributed by atoms with E-state index in [0.29, 0.717) is 13.1 Å². The summed E-state index contributed by atoms with van der Waals surface area (Å²) in [5.74, 6) is 1.72. The van der Waals surface area contributed by atoms with Crippen LogP contribution in [0.3, 0.4) is 0 Å². The average Bonchev–Trinajstić information content (AvgIpc) is 3.44. The predicted octanol–water partition coefficient (Wildman–Crippen LogP) is 3.17. The Hall–Kier alpha value is -2.09. The molecule has 0 N–H and O–H groups in total. The fourth-order valence-electron chi connectivity index (χ4n) is 3.99. The third-order valence-corrected chi connectivity index (χ3v) is 6.68. The summed E-state index contributed by atoms with van der Waals surface area (Å²) in [7, 11) is 0. The highest BCUT2D eigenvalue weighted by Crippen LogP contribution is 2.34. The number of ether oxygens (including phenoxy) is 3. The molecule has 0 spiro atoms. The van der Waals surface area contributed by atoms with Crippen LogP contribution < -0.4 is 9.47 Å². The van der Waals surface area contributed by atoms with Crippen molar-refractivity contribution < 1.29 is 19.0 Å². The van der Waals surface area contributed by atoms with Crippen molar-refractivity contribution in [2.45, 2.75) is 32.0 Å². The monoisotopic (exact) mass is 400 g/mol.